The number of hydrogen-bond acceptors (Lipinski definition) is 3. The van der Waals surface area contributed by atoms with Crippen LogP contribution in [0.25, 0.3) is 0 Å². The summed E-state index contributed by atoms with van der Waals surface area (Å²) in [5, 5.41) is 2.58. The molecule has 20 heavy (non-hydrogen) atoms. The van der Waals surface area contributed by atoms with Crippen LogP contribution in [0.4, 0.5) is 5.69 Å². The fraction of sp³-hybridized carbons (Fsp3) is 0.133. The second-order valence-electron chi connectivity index (χ2n) is 4.35. The number of ether oxygens (including phenoxy) is 1. The van der Waals surface area contributed by atoms with E-state index in [1.807, 2.05) is 25.1 Å². The molecule has 2 rings (SSSR count). The van der Waals surface area contributed by atoms with Crippen molar-refractivity contribution in [1.82, 2.24) is 5.32 Å². The van der Waals surface area contributed by atoms with Gasteiger partial charge in [0.25, 0.3) is 5.91 Å². The lowest BCUT2D eigenvalue weighted by Gasteiger charge is -2.12. The molecule has 0 fully saturated rings. The summed E-state index contributed by atoms with van der Waals surface area (Å²) in [5.41, 5.74) is 7.80. The molecule has 3 N–H and O–H groups in total. The van der Waals surface area contributed by atoms with Crippen LogP contribution in [-0.2, 0) is 0 Å². The maximum absolute atomic E-state index is 11.8. The van der Waals surface area contributed by atoms with Crippen LogP contribution in [0.5, 0.6) is 11.5 Å². The molecule has 0 saturated heterocycles. The molecule has 4 nitrogen and oxygen atoms in total. The number of rotatable bonds is 3. The van der Waals surface area contributed by atoms with Gasteiger partial charge in [0, 0.05) is 23.3 Å². The maximum atomic E-state index is 11.8. The molecule has 0 aliphatic heterocycles. The summed E-state index contributed by atoms with van der Waals surface area (Å²) in [7, 11) is 1.58. The number of benzene rings is 2. The van der Waals surface area contributed by atoms with Crippen LogP contribution in [0, 0.1) is 6.92 Å². The standard InChI is InChI=1S/C15H15BrN2O2/c1-9-7-11(4-6-13(9)16)20-14-8-10(17)3-5-12(14)15(19)18-2/h3-8H,17H2,1-2H3,(H,18,19). The Balaban J connectivity index is 2.38. The number of amides is 1. The summed E-state index contributed by atoms with van der Waals surface area (Å²) in [6, 6.07) is 10.6. The Bertz CT molecular complexity index is 656. The van der Waals surface area contributed by atoms with Gasteiger partial charge in [-0.05, 0) is 42.8 Å². The van der Waals surface area contributed by atoms with E-state index in [4.69, 9.17) is 10.5 Å². The van der Waals surface area contributed by atoms with Crippen molar-refractivity contribution in [2.24, 2.45) is 0 Å². The Morgan fingerprint density at radius 2 is 2.00 bits per heavy atom. The number of carbonyl (C=O) groups is 1. The zero-order chi connectivity index (χ0) is 14.7. The van der Waals surface area contributed by atoms with E-state index >= 15 is 0 Å². The molecule has 0 bridgehead atoms. The third-order valence-corrected chi connectivity index (χ3v) is 3.72. The van der Waals surface area contributed by atoms with E-state index in [9.17, 15) is 4.79 Å². The zero-order valence-electron chi connectivity index (χ0n) is 11.2. The number of nitrogens with two attached hydrogens (primary N) is 1. The largest absolute Gasteiger partial charge is 0.456 e. The molecule has 0 aliphatic rings. The van der Waals surface area contributed by atoms with Gasteiger partial charge < -0.3 is 15.8 Å². The van der Waals surface area contributed by atoms with Crippen molar-refractivity contribution in [2.75, 3.05) is 12.8 Å². The number of halogens is 1. The summed E-state index contributed by atoms with van der Waals surface area (Å²) < 4.78 is 6.79. The first-order valence-corrected chi connectivity index (χ1v) is 6.86. The minimum absolute atomic E-state index is 0.214. The fourth-order valence-corrected chi connectivity index (χ4v) is 2.00. The molecule has 0 spiro atoms. The molecule has 5 heteroatoms. The molecule has 104 valence electrons. The Kier molecular flexibility index (Phi) is 4.29. The molecule has 0 heterocycles. The highest BCUT2D eigenvalue weighted by Crippen LogP contribution is 2.30. The van der Waals surface area contributed by atoms with E-state index in [1.54, 1.807) is 25.2 Å². The predicted molar refractivity (Wildman–Crippen MR) is 83.2 cm³/mol. The number of hydrogen-bond donors (Lipinski definition) is 2. The van der Waals surface area contributed by atoms with Crippen LogP contribution in [-0.4, -0.2) is 13.0 Å². The van der Waals surface area contributed by atoms with E-state index in [1.165, 1.54) is 0 Å². The van der Waals surface area contributed by atoms with Crippen LogP contribution < -0.4 is 15.8 Å². The van der Waals surface area contributed by atoms with Gasteiger partial charge in [-0.15, -0.1) is 0 Å². The first-order valence-electron chi connectivity index (χ1n) is 6.07. The van der Waals surface area contributed by atoms with Gasteiger partial charge >= 0.3 is 0 Å². The normalized spacial score (nSPS) is 10.2. The van der Waals surface area contributed by atoms with Gasteiger partial charge in [-0.1, -0.05) is 15.9 Å². The highest BCUT2D eigenvalue weighted by atomic mass is 79.9. The Hall–Kier alpha value is -2.01. The smallest absolute Gasteiger partial charge is 0.254 e. The van der Waals surface area contributed by atoms with E-state index in [0.29, 0.717) is 22.7 Å². The van der Waals surface area contributed by atoms with E-state index in [2.05, 4.69) is 21.2 Å². The number of nitrogens with one attached hydrogen (secondary N) is 1. The molecule has 2 aromatic carbocycles. The molecule has 0 radical (unpaired) electrons. The average Bonchev–Trinajstić information content (AvgIpc) is 2.42. The highest BCUT2D eigenvalue weighted by molar-refractivity contribution is 9.10. The molecular weight excluding hydrogens is 320 g/mol. The van der Waals surface area contributed by atoms with Gasteiger partial charge in [-0.25, -0.2) is 0 Å². The maximum Gasteiger partial charge on any atom is 0.254 e. The average molecular weight is 335 g/mol. The quantitative estimate of drug-likeness (QED) is 0.844. The Morgan fingerprint density at radius 1 is 1.25 bits per heavy atom. The number of carbonyl (C=O) groups excluding carboxylic acids is 1. The van der Waals surface area contributed by atoms with Crippen molar-refractivity contribution in [3.05, 3.63) is 52.0 Å². The van der Waals surface area contributed by atoms with E-state index < -0.39 is 0 Å². The first kappa shape index (κ1) is 14.4. The van der Waals surface area contributed by atoms with E-state index in [-0.39, 0.29) is 5.91 Å². The van der Waals surface area contributed by atoms with Crippen molar-refractivity contribution in [3.63, 3.8) is 0 Å². The topological polar surface area (TPSA) is 64.4 Å². The Labute approximate surface area is 126 Å². The predicted octanol–water partition coefficient (Wildman–Crippen LogP) is 3.49. The van der Waals surface area contributed by atoms with Crippen molar-refractivity contribution >= 4 is 27.5 Å². The number of nitrogen functional groups attached to an aromatic ring is 1. The van der Waals surface area contributed by atoms with Crippen molar-refractivity contribution in [3.8, 4) is 11.5 Å². The van der Waals surface area contributed by atoms with Crippen LogP contribution in [0.2, 0.25) is 0 Å². The highest BCUT2D eigenvalue weighted by Gasteiger charge is 2.12. The van der Waals surface area contributed by atoms with Crippen LogP contribution in [0.3, 0.4) is 0 Å². The number of anilines is 1. The summed E-state index contributed by atoms with van der Waals surface area (Å²) >= 11 is 3.44. The lowest BCUT2D eigenvalue weighted by Crippen LogP contribution is -2.18. The minimum Gasteiger partial charge on any atom is -0.456 e. The molecular formula is C15H15BrN2O2. The van der Waals surface area contributed by atoms with Gasteiger partial charge in [0.1, 0.15) is 11.5 Å². The van der Waals surface area contributed by atoms with Gasteiger partial charge in [-0.3, -0.25) is 4.79 Å². The summed E-state index contributed by atoms with van der Waals surface area (Å²) in [6.45, 7) is 1.97. The molecule has 0 aromatic heterocycles. The lowest BCUT2D eigenvalue weighted by molar-refractivity contribution is 0.0961. The second-order valence-corrected chi connectivity index (χ2v) is 5.20. The SMILES string of the molecule is CNC(=O)c1ccc(N)cc1Oc1ccc(Br)c(C)c1. The number of aryl methyl sites for hydroxylation is 1. The molecule has 1 amide bonds. The van der Waals surface area contributed by atoms with Crippen LogP contribution in [0.1, 0.15) is 15.9 Å². The Morgan fingerprint density at radius 3 is 2.65 bits per heavy atom. The molecule has 0 aliphatic carbocycles. The summed E-state index contributed by atoms with van der Waals surface area (Å²) in [5.74, 6) is 0.876. The monoisotopic (exact) mass is 334 g/mol. The second kappa shape index (κ2) is 5.96. The first-order chi connectivity index (χ1) is 9.51. The van der Waals surface area contributed by atoms with Crippen molar-refractivity contribution < 1.29 is 9.53 Å². The van der Waals surface area contributed by atoms with Gasteiger partial charge in [0.15, 0.2) is 0 Å². The van der Waals surface area contributed by atoms with Gasteiger partial charge in [0.05, 0.1) is 5.56 Å². The molecule has 0 unspecified atom stereocenters. The third kappa shape index (κ3) is 3.11. The van der Waals surface area contributed by atoms with Gasteiger partial charge in [0.2, 0.25) is 0 Å². The van der Waals surface area contributed by atoms with Crippen LogP contribution >= 0.6 is 15.9 Å². The summed E-state index contributed by atoms with van der Waals surface area (Å²) in [4.78, 5) is 11.8. The van der Waals surface area contributed by atoms with Crippen molar-refractivity contribution in [1.29, 1.82) is 0 Å². The molecule has 0 saturated carbocycles. The van der Waals surface area contributed by atoms with E-state index in [0.717, 1.165) is 10.0 Å². The van der Waals surface area contributed by atoms with Gasteiger partial charge in [-0.2, -0.15) is 0 Å². The minimum atomic E-state index is -0.214. The zero-order valence-corrected chi connectivity index (χ0v) is 12.8. The molecule has 0 atom stereocenters. The fourth-order valence-electron chi connectivity index (χ4n) is 1.75. The molecule has 2 aromatic rings. The summed E-state index contributed by atoms with van der Waals surface area (Å²) in [6.07, 6.45) is 0. The third-order valence-electron chi connectivity index (χ3n) is 2.83. The lowest BCUT2D eigenvalue weighted by atomic mass is 10.1. The van der Waals surface area contributed by atoms with Crippen molar-refractivity contribution in [2.45, 2.75) is 6.92 Å². The van der Waals surface area contributed by atoms with Crippen LogP contribution in [0.15, 0.2) is 40.9 Å².